The lowest BCUT2D eigenvalue weighted by atomic mass is 9.97. The van der Waals surface area contributed by atoms with E-state index in [-0.39, 0.29) is 6.10 Å². The fourth-order valence-corrected chi connectivity index (χ4v) is 1.85. The second kappa shape index (κ2) is 5.41. The molecule has 0 spiro atoms. The molecule has 1 aliphatic heterocycles. The summed E-state index contributed by atoms with van der Waals surface area (Å²) < 4.78 is 11.2. The van der Waals surface area contributed by atoms with Gasteiger partial charge in [0.2, 0.25) is 11.8 Å². The third-order valence-corrected chi connectivity index (χ3v) is 2.99. The van der Waals surface area contributed by atoms with Crippen LogP contribution < -0.4 is 5.32 Å². The zero-order valence-electron chi connectivity index (χ0n) is 9.90. The fraction of sp³-hybridized carbons (Fsp3) is 0.818. The van der Waals surface area contributed by atoms with Crippen LogP contribution in [0, 0.1) is 5.92 Å². The SMILES string of the molecule is CCc1nnc(COC2CNCCC2C)o1. The minimum atomic E-state index is 0.255. The van der Waals surface area contributed by atoms with E-state index in [1.165, 1.54) is 0 Å². The molecule has 0 aliphatic carbocycles. The molecule has 0 amide bonds. The lowest BCUT2D eigenvalue weighted by Gasteiger charge is -2.28. The molecule has 5 heteroatoms. The van der Waals surface area contributed by atoms with Crippen molar-refractivity contribution in [2.24, 2.45) is 5.92 Å². The molecule has 1 saturated heterocycles. The van der Waals surface area contributed by atoms with Crippen molar-refractivity contribution in [3.05, 3.63) is 11.8 Å². The number of hydrogen-bond donors (Lipinski definition) is 1. The van der Waals surface area contributed by atoms with Gasteiger partial charge in [0.1, 0.15) is 6.61 Å². The van der Waals surface area contributed by atoms with Crippen molar-refractivity contribution >= 4 is 0 Å². The van der Waals surface area contributed by atoms with Gasteiger partial charge in [0.15, 0.2) is 0 Å². The van der Waals surface area contributed by atoms with Crippen LogP contribution in [0.15, 0.2) is 4.42 Å². The van der Waals surface area contributed by atoms with Crippen molar-refractivity contribution in [3.63, 3.8) is 0 Å². The Labute approximate surface area is 95.6 Å². The Hall–Kier alpha value is -0.940. The molecule has 2 heterocycles. The number of aromatic nitrogens is 2. The number of aryl methyl sites for hydroxylation is 1. The number of nitrogens with zero attached hydrogens (tertiary/aromatic N) is 2. The standard InChI is InChI=1S/C11H19N3O2/c1-3-10-13-14-11(16-10)7-15-9-6-12-5-4-8(9)2/h8-9,12H,3-7H2,1-2H3. The second-order valence-electron chi connectivity index (χ2n) is 4.26. The molecular weight excluding hydrogens is 206 g/mol. The normalized spacial score (nSPS) is 25.9. The topological polar surface area (TPSA) is 60.2 Å². The van der Waals surface area contributed by atoms with E-state index in [0.717, 1.165) is 25.9 Å². The van der Waals surface area contributed by atoms with Crippen LogP contribution in [-0.4, -0.2) is 29.4 Å². The van der Waals surface area contributed by atoms with Gasteiger partial charge in [-0.2, -0.15) is 0 Å². The highest BCUT2D eigenvalue weighted by molar-refractivity contribution is 4.81. The monoisotopic (exact) mass is 225 g/mol. The van der Waals surface area contributed by atoms with Crippen molar-refractivity contribution in [2.75, 3.05) is 13.1 Å². The lowest BCUT2D eigenvalue weighted by molar-refractivity contribution is -0.0155. The molecule has 1 fully saturated rings. The number of nitrogens with one attached hydrogen (secondary N) is 1. The zero-order valence-corrected chi connectivity index (χ0v) is 9.90. The Morgan fingerprint density at radius 3 is 2.94 bits per heavy atom. The molecule has 2 atom stereocenters. The molecule has 2 unspecified atom stereocenters. The summed E-state index contributed by atoms with van der Waals surface area (Å²) in [6.45, 7) is 6.63. The Bertz CT molecular complexity index is 327. The van der Waals surface area contributed by atoms with Crippen LogP contribution in [0.3, 0.4) is 0 Å². The third kappa shape index (κ3) is 2.80. The Morgan fingerprint density at radius 2 is 2.25 bits per heavy atom. The predicted octanol–water partition coefficient (Wildman–Crippen LogP) is 1.15. The molecule has 1 aromatic heterocycles. The van der Waals surface area contributed by atoms with Crippen LogP contribution in [0.5, 0.6) is 0 Å². The van der Waals surface area contributed by atoms with Crippen LogP contribution in [0.2, 0.25) is 0 Å². The first-order valence-electron chi connectivity index (χ1n) is 5.93. The van der Waals surface area contributed by atoms with Crippen molar-refractivity contribution < 1.29 is 9.15 Å². The highest BCUT2D eigenvalue weighted by Crippen LogP contribution is 2.16. The molecule has 0 saturated carbocycles. The summed E-state index contributed by atoms with van der Waals surface area (Å²) >= 11 is 0. The van der Waals surface area contributed by atoms with Crippen molar-refractivity contribution in [2.45, 2.75) is 39.4 Å². The molecular formula is C11H19N3O2. The van der Waals surface area contributed by atoms with E-state index < -0.39 is 0 Å². The highest BCUT2D eigenvalue weighted by atomic mass is 16.5. The molecule has 0 aromatic carbocycles. The van der Waals surface area contributed by atoms with Crippen LogP contribution in [0.4, 0.5) is 0 Å². The van der Waals surface area contributed by atoms with E-state index in [0.29, 0.717) is 24.3 Å². The Morgan fingerprint density at radius 1 is 1.44 bits per heavy atom. The summed E-state index contributed by atoms with van der Waals surface area (Å²) in [5, 5.41) is 11.2. The molecule has 16 heavy (non-hydrogen) atoms. The van der Waals surface area contributed by atoms with Crippen molar-refractivity contribution in [3.8, 4) is 0 Å². The first-order chi connectivity index (χ1) is 7.79. The van der Waals surface area contributed by atoms with Gasteiger partial charge in [-0.15, -0.1) is 10.2 Å². The average molecular weight is 225 g/mol. The third-order valence-electron chi connectivity index (χ3n) is 2.99. The quantitative estimate of drug-likeness (QED) is 0.832. The summed E-state index contributed by atoms with van der Waals surface area (Å²) in [5.74, 6) is 1.85. The van der Waals surface area contributed by atoms with E-state index in [2.05, 4.69) is 22.4 Å². The second-order valence-corrected chi connectivity index (χ2v) is 4.26. The molecule has 1 aliphatic rings. The maximum atomic E-state index is 5.78. The number of ether oxygens (including phenoxy) is 1. The molecule has 2 rings (SSSR count). The van der Waals surface area contributed by atoms with Crippen LogP contribution >= 0.6 is 0 Å². The van der Waals surface area contributed by atoms with E-state index >= 15 is 0 Å². The summed E-state index contributed by atoms with van der Waals surface area (Å²) in [6, 6.07) is 0. The maximum Gasteiger partial charge on any atom is 0.242 e. The van der Waals surface area contributed by atoms with E-state index in [1.54, 1.807) is 0 Å². The minimum Gasteiger partial charge on any atom is -0.423 e. The number of hydrogen-bond acceptors (Lipinski definition) is 5. The van der Waals surface area contributed by atoms with Crippen LogP contribution in [-0.2, 0) is 17.8 Å². The summed E-state index contributed by atoms with van der Waals surface area (Å²) in [6.07, 6.45) is 2.19. The molecule has 1 aromatic rings. The average Bonchev–Trinajstić information content (AvgIpc) is 2.76. The predicted molar refractivity (Wildman–Crippen MR) is 58.9 cm³/mol. The van der Waals surface area contributed by atoms with E-state index in [1.807, 2.05) is 6.92 Å². The van der Waals surface area contributed by atoms with Crippen molar-refractivity contribution in [1.29, 1.82) is 0 Å². The molecule has 0 bridgehead atoms. The molecule has 0 radical (unpaired) electrons. The fourth-order valence-electron chi connectivity index (χ4n) is 1.85. The van der Waals surface area contributed by atoms with Crippen LogP contribution in [0.1, 0.15) is 32.0 Å². The van der Waals surface area contributed by atoms with Gasteiger partial charge in [0.05, 0.1) is 6.10 Å². The zero-order chi connectivity index (χ0) is 11.4. The Balaban J connectivity index is 1.81. The van der Waals surface area contributed by atoms with Gasteiger partial charge in [0.25, 0.3) is 0 Å². The summed E-state index contributed by atoms with van der Waals surface area (Å²) in [7, 11) is 0. The van der Waals surface area contributed by atoms with E-state index in [4.69, 9.17) is 9.15 Å². The van der Waals surface area contributed by atoms with Gasteiger partial charge in [-0.05, 0) is 18.9 Å². The van der Waals surface area contributed by atoms with Gasteiger partial charge in [-0.25, -0.2) is 0 Å². The maximum absolute atomic E-state index is 5.78. The number of piperidine rings is 1. The first-order valence-corrected chi connectivity index (χ1v) is 5.93. The molecule has 90 valence electrons. The van der Waals surface area contributed by atoms with Crippen LogP contribution in [0.25, 0.3) is 0 Å². The first kappa shape index (κ1) is 11.5. The van der Waals surface area contributed by atoms with Gasteiger partial charge in [-0.1, -0.05) is 13.8 Å². The van der Waals surface area contributed by atoms with Crippen molar-refractivity contribution in [1.82, 2.24) is 15.5 Å². The molecule has 5 nitrogen and oxygen atoms in total. The number of rotatable bonds is 4. The molecule has 1 N–H and O–H groups in total. The van der Waals surface area contributed by atoms with Gasteiger partial charge >= 0.3 is 0 Å². The van der Waals surface area contributed by atoms with Gasteiger partial charge in [0, 0.05) is 13.0 Å². The van der Waals surface area contributed by atoms with E-state index in [9.17, 15) is 0 Å². The smallest absolute Gasteiger partial charge is 0.242 e. The Kier molecular flexibility index (Phi) is 3.90. The van der Waals surface area contributed by atoms with Gasteiger partial charge in [-0.3, -0.25) is 0 Å². The van der Waals surface area contributed by atoms with Gasteiger partial charge < -0.3 is 14.5 Å². The summed E-state index contributed by atoms with van der Waals surface area (Å²) in [5.41, 5.74) is 0. The largest absolute Gasteiger partial charge is 0.423 e. The lowest BCUT2D eigenvalue weighted by Crippen LogP contribution is -2.40. The summed E-state index contributed by atoms with van der Waals surface area (Å²) in [4.78, 5) is 0. The minimum absolute atomic E-state index is 0.255. The highest BCUT2D eigenvalue weighted by Gasteiger charge is 2.22.